The number of nitrogens with zero attached hydrogens (tertiary/aromatic N) is 2. The van der Waals surface area contributed by atoms with Gasteiger partial charge >= 0.3 is 0 Å². The van der Waals surface area contributed by atoms with Crippen LogP contribution >= 0.6 is 11.8 Å². The number of benzene rings is 1. The fraction of sp³-hybridized carbons (Fsp3) is 0.231. The average Bonchev–Trinajstić information content (AvgIpc) is 2.46. The molecule has 0 atom stereocenters. The van der Waals surface area contributed by atoms with Crippen LogP contribution in [0.2, 0.25) is 0 Å². The Morgan fingerprint density at radius 3 is 2.62 bits per heavy atom. The van der Waals surface area contributed by atoms with Gasteiger partial charge in [0.2, 0.25) is 5.75 Å². The van der Waals surface area contributed by atoms with Gasteiger partial charge in [-0.3, -0.25) is 9.36 Å². The van der Waals surface area contributed by atoms with Crippen molar-refractivity contribution in [2.45, 2.75) is 5.16 Å². The van der Waals surface area contributed by atoms with Crippen LogP contribution < -0.4 is 16.0 Å². The molecule has 7 nitrogen and oxygen atoms in total. The van der Waals surface area contributed by atoms with Crippen molar-refractivity contribution in [2.75, 3.05) is 19.1 Å². The predicted octanol–water partition coefficient (Wildman–Crippen LogP) is 1.17. The minimum atomic E-state index is -0.403. The maximum atomic E-state index is 12.4. The van der Waals surface area contributed by atoms with E-state index in [1.165, 1.54) is 35.6 Å². The Kier molecular flexibility index (Phi) is 3.99. The number of nitrogens with two attached hydrogens (primary N) is 1. The second kappa shape index (κ2) is 5.57. The molecule has 1 aromatic heterocycles. The second-order valence-electron chi connectivity index (χ2n) is 4.27. The number of thioether (sulfide) groups is 1. The van der Waals surface area contributed by atoms with Crippen LogP contribution in [0.5, 0.6) is 17.2 Å². The SMILES string of the molecule is COc1cc(-c2c(N)nc(SC)n(C)c2=O)cc(O)c1O. The van der Waals surface area contributed by atoms with Crippen molar-refractivity contribution >= 4 is 17.6 Å². The number of methoxy groups -OCH3 is 1. The Balaban J connectivity index is 2.77. The van der Waals surface area contributed by atoms with E-state index in [1.807, 2.05) is 0 Å². The van der Waals surface area contributed by atoms with Gasteiger partial charge in [-0.05, 0) is 24.0 Å². The van der Waals surface area contributed by atoms with Gasteiger partial charge in [-0.25, -0.2) is 4.98 Å². The van der Waals surface area contributed by atoms with E-state index in [4.69, 9.17) is 10.5 Å². The van der Waals surface area contributed by atoms with Crippen LogP contribution in [0.1, 0.15) is 0 Å². The minimum absolute atomic E-state index is 0.0420. The molecule has 1 aromatic carbocycles. The van der Waals surface area contributed by atoms with E-state index in [1.54, 1.807) is 13.3 Å². The fourth-order valence-electron chi connectivity index (χ4n) is 1.95. The van der Waals surface area contributed by atoms with Crippen LogP contribution in [-0.4, -0.2) is 33.1 Å². The van der Waals surface area contributed by atoms with E-state index in [0.717, 1.165) is 0 Å². The first kappa shape index (κ1) is 15.0. The number of phenolic OH excluding ortho intramolecular Hbond substituents is 2. The summed E-state index contributed by atoms with van der Waals surface area (Å²) in [6.07, 6.45) is 1.79. The summed E-state index contributed by atoms with van der Waals surface area (Å²) in [6, 6.07) is 2.66. The lowest BCUT2D eigenvalue weighted by molar-refractivity contribution is 0.351. The summed E-state index contributed by atoms with van der Waals surface area (Å²) in [5.41, 5.74) is 5.97. The number of hydrogen-bond acceptors (Lipinski definition) is 7. The standard InChI is InChI=1S/C13H15N3O4S/c1-16-12(19)9(11(14)15-13(16)21-3)6-4-7(17)10(18)8(5-6)20-2/h4-5,17-18H,14H2,1-3H3. The van der Waals surface area contributed by atoms with Crippen LogP contribution in [0.15, 0.2) is 22.1 Å². The van der Waals surface area contributed by atoms with E-state index >= 15 is 0 Å². The third-order valence-corrected chi connectivity index (χ3v) is 3.75. The summed E-state index contributed by atoms with van der Waals surface area (Å²) < 4.78 is 6.33. The first-order valence-corrected chi connectivity index (χ1v) is 7.14. The van der Waals surface area contributed by atoms with Gasteiger partial charge in [0.1, 0.15) is 5.82 Å². The van der Waals surface area contributed by atoms with Gasteiger partial charge in [-0.2, -0.15) is 0 Å². The lowest BCUT2D eigenvalue weighted by Crippen LogP contribution is -2.23. The number of ether oxygens (including phenoxy) is 1. The minimum Gasteiger partial charge on any atom is -0.504 e. The second-order valence-corrected chi connectivity index (χ2v) is 5.04. The highest BCUT2D eigenvalue weighted by Crippen LogP contribution is 2.39. The van der Waals surface area contributed by atoms with E-state index in [2.05, 4.69) is 4.98 Å². The highest BCUT2D eigenvalue weighted by atomic mass is 32.2. The van der Waals surface area contributed by atoms with Crippen LogP contribution in [0.25, 0.3) is 11.1 Å². The summed E-state index contributed by atoms with van der Waals surface area (Å²) in [4.78, 5) is 16.6. The highest BCUT2D eigenvalue weighted by molar-refractivity contribution is 7.98. The molecular weight excluding hydrogens is 294 g/mol. The monoisotopic (exact) mass is 309 g/mol. The number of anilines is 1. The van der Waals surface area contributed by atoms with Gasteiger partial charge in [-0.1, -0.05) is 11.8 Å². The van der Waals surface area contributed by atoms with Gasteiger partial charge in [0.05, 0.1) is 12.7 Å². The Labute approximate surface area is 125 Å². The maximum absolute atomic E-state index is 12.4. The molecule has 1 heterocycles. The zero-order valence-electron chi connectivity index (χ0n) is 11.7. The van der Waals surface area contributed by atoms with Crippen molar-refractivity contribution in [1.29, 1.82) is 0 Å². The fourth-order valence-corrected chi connectivity index (χ4v) is 2.49. The molecule has 4 N–H and O–H groups in total. The molecule has 0 saturated heterocycles. The van der Waals surface area contributed by atoms with Gasteiger partial charge in [0.25, 0.3) is 5.56 Å². The van der Waals surface area contributed by atoms with E-state index in [0.29, 0.717) is 10.7 Å². The van der Waals surface area contributed by atoms with E-state index in [9.17, 15) is 15.0 Å². The summed E-state index contributed by atoms with van der Waals surface area (Å²) >= 11 is 1.30. The van der Waals surface area contributed by atoms with Crippen molar-refractivity contribution < 1.29 is 14.9 Å². The molecule has 0 bridgehead atoms. The first-order chi connectivity index (χ1) is 9.90. The molecule has 0 amide bonds. The Bertz CT molecular complexity index is 758. The van der Waals surface area contributed by atoms with Gasteiger partial charge in [-0.15, -0.1) is 0 Å². The number of aromatic hydroxyl groups is 2. The van der Waals surface area contributed by atoms with Crippen molar-refractivity contribution in [3.05, 3.63) is 22.5 Å². The molecule has 0 saturated carbocycles. The molecule has 8 heteroatoms. The predicted molar refractivity (Wildman–Crippen MR) is 81.0 cm³/mol. The number of phenols is 2. The van der Waals surface area contributed by atoms with Gasteiger partial charge in [0, 0.05) is 7.05 Å². The zero-order chi connectivity index (χ0) is 15.7. The molecule has 0 radical (unpaired) electrons. The van der Waals surface area contributed by atoms with Crippen molar-refractivity contribution in [3.63, 3.8) is 0 Å². The van der Waals surface area contributed by atoms with Crippen molar-refractivity contribution in [2.24, 2.45) is 7.05 Å². The van der Waals surface area contributed by atoms with Crippen LogP contribution in [0.3, 0.4) is 0 Å². The molecule has 0 aliphatic rings. The topological polar surface area (TPSA) is 111 Å². The first-order valence-electron chi connectivity index (χ1n) is 5.91. The number of nitrogen functional groups attached to an aromatic ring is 1. The van der Waals surface area contributed by atoms with Crippen LogP contribution in [0.4, 0.5) is 5.82 Å². The molecular formula is C13H15N3O4S. The molecule has 2 aromatic rings. The molecule has 2 rings (SSSR count). The van der Waals surface area contributed by atoms with Crippen molar-refractivity contribution in [3.8, 4) is 28.4 Å². The summed E-state index contributed by atoms with van der Waals surface area (Å²) in [5.74, 6) is -0.708. The highest BCUT2D eigenvalue weighted by Gasteiger charge is 2.18. The molecule has 112 valence electrons. The Morgan fingerprint density at radius 2 is 2.05 bits per heavy atom. The molecule has 0 spiro atoms. The quantitative estimate of drug-likeness (QED) is 0.443. The lowest BCUT2D eigenvalue weighted by Gasteiger charge is -2.12. The maximum Gasteiger partial charge on any atom is 0.263 e. The summed E-state index contributed by atoms with van der Waals surface area (Å²) in [5, 5.41) is 19.8. The molecule has 0 fully saturated rings. The van der Waals surface area contributed by atoms with Crippen LogP contribution in [0, 0.1) is 0 Å². The third-order valence-electron chi connectivity index (χ3n) is 3.02. The van der Waals surface area contributed by atoms with Gasteiger partial charge in [0.15, 0.2) is 16.7 Å². The molecule has 21 heavy (non-hydrogen) atoms. The third kappa shape index (κ3) is 2.49. The summed E-state index contributed by atoms with van der Waals surface area (Å²) in [7, 11) is 2.93. The molecule has 0 aliphatic heterocycles. The Morgan fingerprint density at radius 1 is 1.38 bits per heavy atom. The van der Waals surface area contributed by atoms with Crippen LogP contribution in [-0.2, 0) is 7.05 Å². The van der Waals surface area contributed by atoms with Gasteiger partial charge < -0.3 is 20.7 Å². The number of rotatable bonds is 3. The Hall–Kier alpha value is -2.35. The number of hydrogen-bond donors (Lipinski definition) is 3. The van der Waals surface area contributed by atoms with Crippen molar-refractivity contribution in [1.82, 2.24) is 9.55 Å². The molecule has 0 aliphatic carbocycles. The summed E-state index contributed by atoms with van der Waals surface area (Å²) in [6.45, 7) is 0. The average molecular weight is 309 g/mol. The largest absolute Gasteiger partial charge is 0.504 e. The zero-order valence-corrected chi connectivity index (χ0v) is 12.6. The molecule has 0 unspecified atom stereocenters. The number of aromatic nitrogens is 2. The normalized spacial score (nSPS) is 10.6. The van der Waals surface area contributed by atoms with E-state index in [-0.39, 0.29) is 22.7 Å². The van der Waals surface area contributed by atoms with E-state index < -0.39 is 11.5 Å². The smallest absolute Gasteiger partial charge is 0.263 e. The lowest BCUT2D eigenvalue weighted by atomic mass is 10.1.